The summed E-state index contributed by atoms with van der Waals surface area (Å²) in [5, 5.41) is 2.16. The predicted molar refractivity (Wildman–Crippen MR) is 83.3 cm³/mol. The third-order valence-corrected chi connectivity index (χ3v) is 3.99. The minimum atomic E-state index is 0.156. The Hall–Kier alpha value is -1.65. The van der Waals surface area contributed by atoms with Crippen molar-refractivity contribution in [3.05, 3.63) is 36.0 Å². The first-order valence-electron chi connectivity index (χ1n) is 7.56. The van der Waals surface area contributed by atoms with E-state index in [0.717, 1.165) is 29.2 Å². The fourth-order valence-electron chi connectivity index (χ4n) is 3.08. The second-order valence-electron chi connectivity index (χ2n) is 5.81. The molecule has 4 heteroatoms. The quantitative estimate of drug-likeness (QED) is 0.942. The molecule has 1 aromatic carbocycles. The smallest absolute Gasteiger partial charge is 0.221 e. The number of nitrogens with two attached hydrogens (primary N) is 1. The highest BCUT2D eigenvalue weighted by Gasteiger charge is 2.26. The highest BCUT2D eigenvalue weighted by atomic mass is 16.5. The lowest BCUT2D eigenvalue weighted by molar-refractivity contribution is -0.0726. The van der Waals surface area contributed by atoms with Gasteiger partial charge in [-0.1, -0.05) is 18.2 Å². The Kier molecular flexibility index (Phi) is 4.08. The normalized spacial score (nSPS) is 26.0. The molecule has 0 amide bonds. The van der Waals surface area contributed by atoms with Crippen molar-refractivity contribution in [2.24, 2.45) is 5.73 Å². The van der Waals surface area contributed by atoms with Gasteiger partial charge in [-0.15, -0.1) is 0 Å². The maximum atomic E-state index is 6.18. The summed E-state index contributed by atoms with van der Waals surface area (Å²) in [5.74, 6) is 0.703. The van der Waals surface area contributed by atoms with Gasteiger partial charge in [-0.05, 0) is 30.9 Å². The minimum absolute atomic E-state index is 0.156. The Morgan fingerprint density at radius 2 is 1.86 bits per heavy atom. The van der Waals surface area contributed by atoms with E-state index >= 15 is 0 Å². The van der Waals surface area contributed by atoms with Gasteiger partial charge in [0, 0.05) is 31.0 Å². The van der Waals surface area contributed by atoms with Crippen molar-refractivity contribution < 1.29 is 9.47 Å². The van der Waals surface area contributed by atoms with Crippen LogP contribution in [-0.2, 0) is 11.3 Å². The van der Waals surface area contributed by atoms with Crippen LogP contribution in [0.1, 0.15) is 32.3 Å². The molecule has 1 aromatic heterocycles. The minimum Gasteiger partial charge on any atom is -0.474 e. The first kappa shape index (κ1) is 14.3. The Morgan fingerprint density at radius 1 is 1.19 bits per heavy atom. The summed E-state index contributed by atoms with van der Waals surface area (Å²) in [5.41, 5.74) is 6.84. The molecular weight excluding hydrogens is 264 g/mol. The summed E-state index contributed by atoms with van der Waals surface area (Å²) in [6.45, 7) is 4.67. The summed E-state index contributed by atoms with van der Waals surface area (Å²) in [6.07, 6.45) is 4.24. The fourth-order valence-corrected chi connectivity index (χ4v) is 3.08. The zero-order valence-electron chi connectivity index (χ0n) is 12.6. The Morgan fingerprint density at radius 3 is 2.52 bits per heavy atom. The Balaban J connectivity index is 1.90. The average molecular weight is 286 g/mol. The van der Waals surface area contributed by atoms with Crippen molar-refractivity contribution in [2.45, 2.75) is 51.5 Å². The molecule has 1 aliphatic rings. The largest absolute Gasteiger partial charge is 0.474 e. The van der Waals surface area contributed by atoms with E-state index in [-0.39, 0.29) is 18.3 Å². The van der Waals surface area contributed by atoms with Crippen molar-refractivity contribution in [2.75, 3.05) is 0 Å². The molecule has 0 aliphatic carbocycles. The van der Waals surface area contributed by atoms with Gasteiger partial charge >= 0.3 is 0 Å². The maximum absolute atomic E-state index is 6.18. The first-order valence-corrected chi connectivity index (χ1v) is 7.56. The molecule has 2 heterocycles. The van der Waals surface area contributed by atoms with Gasteiger partial charge in [0.05, 0.1) is 12.2 Å². The fraction of sp³-hybridized carbons (Fsp3) is 0.471. The summed E-state index contributed by atoms with van der Waals surface area (Å²) in [7, 11) is 0. The maximum Gasteiger partial charge on any atom is 0.221 e. The molecule has 0 saturated carbocycles. The molecule has 0 bridgehead atoms. The van der Waals surface area contributed by atoms with Crippen LogP contribution in [0, 0.1) is 0 Å². The monoisotopic (exact) mass is 286 g/mol. The standard InChI is InChI=1S/C17H22N2O2/c1-11-7-14(8-12(2)20-11)21-17-16-6-4-3-5-15(16)13(9-18)10-19-17/h3-6,10-12,14H,7-9,18H2,1-2H3. The second kappa shape index (κ2) is 6.00. The van der Waals surface area contributed by atoms with Crippen LogP contribution >= 0.6 is 0 Å². The van der Waals surface area contributed by atoms with Crippen LogP contribution in [0.15, 0.2) is 30.5 Å². The van der Waals surface area contributed by atoms with Crippen LogP contribution < -0.4 is 10.5 Å². The number of rotatable bonds is 3. The Bertz CT molecular complexity index is 619. The van der Waals surface area contributed by atoms with Gasteiger partial charge in [0.15, 0.2) is 0 Å². The molecule has 112 valence electrons. The number of benzene rings is 1. The lowest BCUT2D eigenvalue weighted by Gasteiger charge is -2.32. The van der Waals surface area contributed by atoms with E-state index in [9.17, 15) is 0 Å². The number of pyridine rings is 1. The van der Waals surface area contributed by atoms with Crippen LogP contribution in [0.2, 0.25) is 0 Å². The third kappa shape index (κ3) is 3.01. The van der Waals surface area contributed by atoms with E-state index in [2.05, 4.69) is 24.9 Å². The highest BCUT2D eigenvalue weighted by Crippen LogP contribution is 2.29. The van der Waals surface area contributed by atoms with E-state index in [1.807, 2.05) is 24.4 Å². The van der Waals surface area contributed by atoms with Gasteiger partial charge in [0.1, 0.15) is 6.10 Å². The molecule has 2 unspecified atom stereocenters. The summed E-state index contributed by atoms with van der Waals surface area (Å²) in [6, 6.07) is 8.14. The summed E-state index contributed by atoms with van der Waals surface area (Å²) < 4.78 is 11.9. The van der Waals surface area contributed by atoms with Crippen LogP contribution in [0.5, 0.6) is 5.88 Å². The van der Waals surface area contributed by atoms with Crippen LogP contribution in [0.4, 0.5) is 0 Å². The molecule has 4 nitrogen and oxygen atoms in total. The topological polar surface area (TPSA) is 57.4 Å². The molecule has 21 heavy (non-hydrogen) atoms. The molecule has 1 saturated heterocycles. The summed E-state index contributed by atoms with van der Waals surface area (Å²) >= 11 is 0. The van der Waals surface area contributed by atoms with Crippen molar-refractivity contribution in [3.8, 4) is 5.88 Å². The van der Waals surface area contributed by atoms with Crippen LogP contribution in [0.25, 0.3) is 10.8 Å². The molecular formula is C17H22N2O2. The first-order chi connectivity index (χ1) is 10.2. The molecule has 2 aromatic rings. The van der Waals surface area contributed by atoms with E-state index in [1.165, 1.54) is 0 Å². The van der Waals surface area contributed by atoms with Gasteiger partial charge in [-0.3, -0.25) is 0 Å². The lowest BCUT2D eigenvalue weighted by atomic mass is 10.0. The summed E-state index contributed by atoms with van der Waals surface area (Å²) in [4.78, 5) is 4.48. The van der Waals surface area contributed by atoms with E-state index in [0.29, 0.717) is 12.4 Å². The lowest BCUT2D eigenvalue weighted by Crippen LogP contribution is -2.35. The van der Waals surface area contributed by atoms with Crippen molar-refractivity contribution in [1.82, 2.24) is 4.98 Å². The van der Waals surface area contributed by atoms with Gasteiger partial charge in [0.2, 0.25) is 5.88 Å². The molecule has 1 fully saturated rings. The molecule has 0 radical (unpaired) electrons. The molecule has 1 aliphatic heterocycles. The number of aromatic nitrogens is 1. The number of nitrogens with zero attached hydrogens (tertiary/aromatic N) is 1. The van der Waals surface area contributed by atoms with Gasteiger partial charge in [-0.25, -0.2) is 4.98 Å². The van der Waals surface area contributed by atoms with E-state index in [1.54, 1.807) is 0 Å². The van der Waals surface area contributed by atoms with Crippen molar-refractivity contribution >= 4 is 10.8 Å². The SMILES string of the molecule is CC1CC(Oc2ncc(CN)c3ccccc23)CC(C)O1. The molecule has 2 atom stereocenters. The highest BCUT2D eigenvalue weighted by molar-refractivity contribution is 5.89. The van der Waals surface area contributed by atoms with Gasteiger partial charge in [-0.2, -0.15) is 0 Å². The van der Waals surface area contributed by atoms with Crippen molar-refractivity contribution in [3.63, 3.8) is 0 Å². The van der Waals surface area contributed by atoms with E-state index < -0.39 is 0 Å². The molecule has 0 spiro atoms. The number of hydrogen-bond acceptors (Lipinski definition) is 4. The van der Waals surface area contributed by atoms with Crippen LogP contribution in [0.3, 0.4) is 0 Å². The zero-order chi connectivity index (χ0) is 14.8. The molecule has 3 rings (SSSR count). The van der Waals surface area contributed by atoms with Crippen LogP contribution in [-0.4, -0.2) is 23.3 Å². The molecule has 2 N–H and O–H groups in total. The third-order valence-electron chi connectivity index (χ3n) is 3.99. The number of hydrogen-bond donors (Lipinski definition) is 1. The average Bonchev–Trinajstić information content (AvgIpc) is 2.46. The Labute approximate surface area is 125 Å². The predicted octanol–water partition coefficient (Wildman–Crippen LogP) is 3.03. The number of fused-ring (bicyclic) bond motifs is 1. The zero-order valence-corrected chi connectivity index (χ0v) is 12.6. The van der Waals surface area contributed by atoms with E-state index in [4.69, 9.17) is 15.2 Å². The van der Waals surface area contributed by atoms with Crippen molar-refractivity contribution in [1.29, 1.82) is 0 Å². The number of ether oxygens (including phenoxy) is 2. The van der Waals surface area contributed by atoms with Gasteiger partial charge < -0.3 is 15.2 Å². The van der Waals surface area contributed by atoms with Gasteiger partial charge in [0.25, 0.3) is 0 Å². The second-order valence-corrected chi connectivity index (χ2v) is 5.81.